The summed E-state index contributed by atoms with van der Waals surface area (Å²) in [4.78, 5) is 15.0. The lowest BCUT2D eigenvalue weighted by Gasteiger charge is -2.05. The van der Waals surface area contributed by atoms with Gasteiger partial charge in [-0.2, -0.15) is 4.98 Å². The van der Waals surface area contributed by atoms with Gasteiger partial charge in [-0.1, -0.05) is 29.3 Å². The molecule has 1 atom stereocenters. The number of aliphatic carboxylic acids is 1. The summed E-state index contributed by atoms with van der Waals surface area (Å²) in [7, 11) is 0. The number of aromatic nitrogens is 1. The third-order valence-electron chi connectivity index (χ3n) is 2.58. The second-order valence-electron chi connectivity index (χ2n) is 3.87. The standard InChI is InChI=1S/C12H8Cl3NO3/c1-5(11(17)18)10-9(16-12(15)19-10)6-2-3-7(13)8(14)4-6/h2-5H,1H3,(H,17,18). The van der Waals surface area contributed by atoms with Gasteiger partial charge < -0.3 is 9.52 Å². The lowest BCUT2D eigenvalue weighted by molar-refractivity contribution is -0.138. The Morgan fingerprint density at radius 2 is 2.00 bits per heavy atom. The Morgan fingerprint density at radius 3 is 2.58 bits per heavy atom. The first-order chi connectivity index (χ1) is 8.90. The van der Waals surface area contributed by atoms with Crippen LogP contribution in [0.1, 0.15) is 18.6 Å². The average Bonchev–Trinajstić information content (AvgIpc) is 2.73. The second kappa shape index (κ2) is 5.41. The van der Waals surface area contributed by atoms with Crippen LogP contribution in [0.25, 0.3) is 11.3 Å². The Balaban J connectivity index is 2.55. The van der Waals surface area contributed by atoms with Crippen LogP contribution in [0.5, 0.6) is 0 Å². The van der Waals surface area contributed by atoms with Gasteiger partial charge in [0.1, 0.15) is 17.4 Å². The SMILES string of the molecule is CC(C(=O)O)c1oc(Cl)nc1-c1ccc(Cl)c(Cl)c1. The third kappa shape index (κ3) is 2.86. The van der Waals surface area contributed by atoms with E-state index in [1.54, 1.807) is 18.2 Å². The van der Waals surface area contributed by atoms with Crippen molar-refractivity contribution in [1.29, 1.82) is 0 Å². The normalized spacial score (nSPS) is 12.4. The van der Waals surface area contributed by atoms with Crippen molar-refractivity contribution in [3.63, 3.8) is 0 Å². The first kappa shape index (κ1) is 14.2. The fraction of sp³-hybridized carbons (Fsp3) is 0.167. The van der Waals surface area contributed by atoms with Crippen molar-refractivity contribution in [2.45, 2.75) is 12.8 Å². The molecule has 0 saturated heterocycles. The van der Waals surface area contributed by atoms with Crippen LogP contribution in [-0.4, -0.2) is 16.1 Å². The molecule has 0 spiro atoms. The Kier molecular flexibility index (Phi) is 4.04. The van der Waals surface area contributed by atoms with Gasteiger partial charge in [-0.05, 0) is 30.7 Å². The van der Waals surface area contributed by atoms with E-state index in [0.717, 1.165) is 0 Å². The number of oxazole rings is 1. The first-order valence-corrected chi connectivity index (χ1v) is 6.38. The number of carboxylic acid groups (broad SMARTS) is 1. The van der Waals surface area contributed by atoms with Gasteiger partial charge >= 0.3 is 5.97 Å². The van der Waals surface area contributed by atoms with E-state index in [4.69, 9.17) is 44.3 Å². The van der Waals surface area contributed by atoms with Crippen LogP contribution in [0.2, 0.25) is 15.4 Å². The summed E-state index contributed by atoms with van der Waals surface area (Å²) in [6, 6.07) is 4.84. The minimum Gasteiger partial charge on any atom is -0.481 e. The highest BCUT2D eigenvalue weighted by atomic mass is 35.5. The molecule has 0 amide bonds. The van der Waals surface area contributed by atoms with Crippen molar-refractivity contribution in [2.24, 2.45) is 0 Å². The van der Waals surface area contributed by atoms with E-state index in [0.29, 0.717) is 21.3 Å². The molecule has 1 heterocycles. The average molecular weight is 321 g/mol. The molecule has 100 valence electrons. The maximum absolute atomic E-state index is 11.0. The molecule has 0 radical (unpaired) electrons. The molecule has 4 nitrogen and oxygen atoms in total. The molecule has 1 aromatic carbocycles. The van der Waals surface area contributed by atoms with Gasteiger partial charge in [0.05, 0.1) is 10.0 Å². The Bertz CT molecular complexity index is 639. The maximum Gasteiger partial charge on any atom is 0.314 e. The molecule has 7 heteroatoms. The summed E-state index contributed by atoms with van der Waals surface area (Å²) in [5.41, 5.74) is 0.937. The molecule has 2 aromatic rings. The third-order valence-corrected chi connectivity index (χ3v) is 3.48. The number of hydrogen-bond donors (Lipinski definition) is 1. The van der Waals surface area contributed by atoms with E-state index in [1.165, 1.54) is 6.92 Å². The van der Waals surface area contributed by atoms with Gasteiger partial charge in [0.2, 0.25) is 0 Å². The lowest BCUT2D eigenvalue weighted by atomic mass is 10.0. The van der Waals surface area contributed by atoms with E-state index in [9.17, 15) is 4.79 Å². The van der Waals surface area contributed by atoms with Crippen molar-refractivity contribution in [3.05, 3.63) is 39.4 Å². The smallest absolute Gasteiger partial charge is 0.314 e. The number of carboxylic acids is 1. The fourth-order valence-electron chi connectivity index (χ4n) is 1.56. The zero-order chi connectivity index (χ0) is 14.2. The van der Waals surface area contributed by atoms with E-state index < -0.39 is 11.9 Å². The molecule has 0 aliphatic rings. The number of hydrogen-bond acceptors (Lipinski definition) is 3. The van der Waals surface area contributed by atoms with Crippen LogP contribution in [0.3, 0.4) is 0 Å². The van der Waals surface area contributed by atoms with Crippen molar-refractivity contribution in [3.8, 4) is 11.3 Å². The largest absolute Gasteiger partial charge is 0.481 e. The highest BCUT2D eigenvalue weighted by Crippen LogP contribution is 2.34. The highest BCUT2D eigenvalue weighted by molar-refractivity contribution is 6.42. The molecule has 0 bridgehead atoms. The predicted octanol–water partition coefficient (Wildman–Crippen LogP) is 4.49. The van der Waals surface area contributed by atoms with Crippen LogP contribution in [0, 0.1) is 0 Å². The Morgan fingerprint density at radius 1 is 1.32 bits per heavy atom. The molecule has 19 heavy (non-hydrogen) atoms. The minimum absolute atomic E-state index is 0.121. The molecular formula is C12H8Cl3NO3. The van der Waals surface area contributed by atoms with Crippen LogP contribution in [-0.2, 0) is 4.79 Å². The zero-order valence-electron chi connectivity index (χ0n) is 9.65. The quantitative estimate of drug-likeness (QED) is 0.905. The summed E-state index contributed by atoms with van der Waals surface area (Å²) in [5.74, 6) is -1.73. The zero-order valence-corrected chi connectivity index (χ0v) is 11.9. The summed E-state index contributed by atoms with van der Waals surface area (Å²) in [6.45, 7) is 1.49. The number of halogens is 3. The van der Waals surface area contributed by atoms with E-state index in [1.807, 2.05) is 0 Å². The molecule has 1 aromatic heterocycles. The monoisotopic (exact) mass is 319 g/mol. The van der Waals surface area contributed by atoms with Crippen molar-refractivity contribution < 1.29 is 14.3 Å². The summed E-state index contributed by atoms with van der Waals surface area (Å²) in [6.07, 6.45) is 0. The fourth-order valence-corrected chi connectivity index (χ4v) is 2.03. The number of benzene rings is 1. The van der Waals surface area contributed by atoms with Crippen LogP contribution < -0.4 is 0 Å². The summed E-state index contributed by atoms with van der Waals surface area (Å²) in [5, 5.41) is 9.65. The first-order valence-electron chi connectivity index (χ1n) is 5.24. The van der Waals surface area contributed by atoms with Gasteiger partial charge in [0, 0.05) is 5.56 Å². The molecule has 0 fully saturated rings. The van der Waals surface area contributed by atoms with Crippen molar-refractivity contribution >= 4 is 40.8 Å². The molecular weight excluding hydrogens is 312 g/mol. The molecule has 0 saturated carbocycles. The predicted molar refractivity (Wildman–Crippen MR) is 73.0 cm³/mol. The van der Waals surface area contributed by atoms with Crippen LogP contribution >= 0.6 is 34.8 Å². The van der Waals surface area contributed by atoms with Crippen molar-refractivity contribution in [2.75, 3.05) is 0 Å². The number of nitrogens with zero attached hydrogens (tertiary/aromatic N) is 1. The van der Waals surface area contributed by atoms with Gasteiger partial charge in [-0.25, -0.2) is 0 Å². The van der Waals surface area contributed by atoms with Crippen molar-refractivity contribution in [1.82, 2.24) is 4.98 Å². The topological polar surface area (TPSA) is 63.3 Å². The molecule has 2 rings (SSSR count). The maximum atomic E-state index is 11.0. The van der Waals surface area contributed by atoms with Gasteiger partial charge in [-0.3, -0.25) is 4.79 Å². The number of carbonyl (C=O) groups is 1. The van der Waals surface area contributed by atoms with E-state index in [2.05, 4.69) is 4.98 Å². The summed E-state index contributed by atoms with van der Waals surface area (Å²) < 4.78 is 5.16. The van der Waals surface area contributed by atoms with Crippen LogP contribution in [0.4, 0.5) is 0 Å². The second-order valence-corrected chi connectivity index (χ2v) is 5.01. The Hall–Kier alpha value is -1.23. The molecule has 0 aliphatic heterocycles. The molecule has 1 unspecified atom stereocenters. The molecule has 1 N–H and O–H groups in total. The summed E-state index contributed by atoms with van der Waals surface area (Å²) >= 11 is 17.5. The van der Waals surface area contributed by atoms with Gasteiger partial charge in [0.25, 0.3) is 5.35 Å². The minimum atomic E-state index is -1.03. The molecule has 0 aliphatic carbocycles. The Labute approximate surface area is 123 Å². The van der Waals surface area contributed by atoms with Gasteiger partial charge in [0.15, 0.2) is 0 Å². The lowest BCUT2D eigenvalue weighted by Crippen LogP contribution is -2.07. The highest BCUT2D eigenvalue weighted by Gasteiger charge is 2.25. The van der Waals surface area contributed by atoms with Gasteiger partial charge in [-0.15, -0.1) is 0 Å². The van der Waals surface area contributed by atoms with E-state index in [-0.39, 0.29) is 11.1 Å². The number of rotatable bonds is 3. The van der Waals surface area contributed by atoms with E-state index >= 15 is 0 Å². The van der Waals surface area contributed by atoms with Crippen LogP contribution in [0.15, 0.2) is 22.6 Å².